The number of carbonyl (C=O) groups excluding carboxylic acids is 1. The Bertz CT molecular complexity index is 675. The molecule has 2 rings (SSSR count). The zero-order valence-corrected chi connectivity index (χ0v) is 14.8. The number of nitrogens with one attached hydrogen (secondary N) is 1. The van der Waals surface area contributed by atoms with E-state index in [-0.39, 0.29) is 22.8 Å². The van der Waals surface area contributed by atoms with Crippen LogP contribution in [0.15, 0.2) is 23.2 Å². The molecule has 1 atom stereocenters. The topological polar surface area (TPSA) is 82.6 Å². The summed E-state index contributed by atoms with van der Waals surface area (Å²) in [5.41, 5.74) is 0. The summed E-state index contributed by atoms with van der Waals surface area (Å²) in [4.78, 5) is 20.5. The van der Waals surface area contributed by atoms with Crippen molar-refractivity contribution in [1.29, 1.82) is 0 Å². The van der Waals surface area contributed by atoms with E-state index < -0.39 is 9.84 Å². The maximum absolute atomic E-state index is 12.3. The van der Waals surface area contributed by atoms with Gasteiger partial charge in [-0.1, -0.05) is 0 Å². The van der Waals surface area contributed by atoms with Gasteiger partial charge in [-0.2, -0.15) is 0 Å². The molecular weight excluding hydrogens is 316 g/mol. The first-order valence-electron chi connectivity index (χ1n) is 7.62. The maximum Gasteiger partial charge on any atom is 0.323 e. The van der Waals surface area contributed by atoms with Crippen LogP contribution in [0.3, 0.4) is 0 Å². The Kier molecular flexibility index (Phi) is 5.26. The zero-order chi connectivity index (χ0) is 17.2. The summed E-state index contributed by atoms with van der Waals surface area (Å²) in [5, 5.41) is 2.67. The molecule has 2 amide bonds. The van der Waals surface area contributed by atoms with Gasteiger partial charge in [-0.05, 0) is 32.4 Å². The van der Waals surface area contributed by atoms with E-state index in [1.54, 1.807) is 11.9 Å². The Balaban J connectivity index is 2.02. The van der Waals surface area contributed by atoms with Gasteiger partial charge in [0.05, 0.1) is 4.90 Å². The number of hydrogen-bond donors (Lipinski definition) is 1. The number of hydrogen-bond acceptors (Lipinski definition) is 5. The van der Waals surface area contributed by atoms with Gasteiger partial charge in [0.2, 0.25) is 0 Å². The molecule has 8 heteroatoms. The van der Waals surface area contributed by atoms with Crippen molar-refractivity contribution < 1.29 is 13.2 Å². The van der Waals surface area contributed by atoms with E-state index in [1.165, 1.54) is 18.3 Å². The Labute approximate surface area is 137 Å². The van der Waals surface area contributed by atoms with Gasteiger partial charge >= 0.3 is 6.03 Å². The second-order valence-corrected chi connectivity index (χ2v) is 8.24. The lowest BCUT2D eigenvalue weighted by atomic mass is 10.2. The first-order chi connectivity index (χ1) is 10.7. The first-order valence-corrected chi connectivity index (χ1v) is 9.51. The second-order valence-electron chi connectivity index (χ2n) is 6.22. The van der Waals surface area contributed by atoms with Crippen LogP contribution >= 0.6 is 0 Å². The van der Waals surface area contributed by atoms with Crippen molar-refractivity contribution in [2.75, 3.05) is 31.7 Å². The molecule has 1 fully saturated rings. The summed E-state index contributed by atoms with van der Waals surface area (Å²) < 4.78 is 23.1. The number of urea groups is 1. The van der Waals surface area contributed by atoms with Crippen LogP contribution < -0.4 is 5.32 Å². The minimum absolute atomic E-state index is 0.136. The lowest BCUT2D eigenvalue weighted by molar-refractivity contribution is 0.197. The number of anilines is 1. The monoisotopic (exact) mass is 340 g/mol. The van der Waals surface area contributed by atoms with Crippen LogP contribution in [0.5, 0.6) is 0 Å². The van der Waals surface area contributed by atoms with Crippen molar-refractivity contribution in [3.05, 3.63) is 18.3 Å². The molecule has 1 aromatic heterocycles. The summed E-state index contributed by atoms with van der Waals surface area (Å²) in [7, 11) is -1.57. The van der Waals surface area contributed by atoms with Gasteiger partial charge in [-0.15, -0.1) is 0 Å². The molecule has 0 aromatic carbocycles. The molecule has 1 N–H and O–H groups in total. The van der Waals surface area contributed by atoms with Gasteiger partial charge in [0.15, 0.2) is 9.84 Å². The molecule has 0 saturated carbocycles. The summed E-state index contributed by atoms with van der Waals surface area (Å²) in [6, 6.07) is 3.11. The van der Waals surface area contributed by atoms with E-state index in [1.807, 2.05) is 0 Å². The molecular formula is C15H24N4O3S. The molecule has 1 unspecified atom stereocenters. The Hall–Kier alpha value is -1.67. The van der Waals surface area contributed by atoms with Gasteiger partial charge in [-0.25, -0.2) is 18.2 Å². The highest BCUT2D eigenvalue weighted by Crippen LogP contribution is 2.18. The third-order valence-electron chi connectivity index (χ3n) is 4.19. The molecule has 1 aliphatic rings. The van der Waals surface area contributed by atoms with Crippen molar-refractivity contribution in [1.82, 2.24) is 14.8 Å². The molecule has 0 bridgehead atoms. The van der Waals surface area contributed by atoms with Crippen LogP contribution in [0.2, 0.25) is 0 Å². The van der Waals surface area contributed by atoms with E-state index in [4.69, 9.17) is 0 Å². The van der Waals surface area contributed by atoms with Crippen LogP contribution in [0.1, 0.15) is 20.3 Å². The number of likely N-dealkylation sites (N-methyl/N-ethyl adjacent to an activating group) is 1. The van der Waals surface area contributed by atoms with Crippen molar-refractivity contribution in [3.63, 3.8) is 0 Å². The first kappa shape index (κ1) is 17.7. The van der Waals surface area contributed by atoms with Crippen molar-refractivity contribution in [3.8, 4) is 0 Å². The van der Waals surface area contributed by atoms with E-state index in [0.717, 1.165) is 25.8 Å². The predicted octanol–water partition coefficient (Wildman–Crippen LogP) is 1.43. The molecule has 128 valence electrons. The predicted molar refractivity (Wildman–Crippen MR) is 89.2 cm³/mol. The number of nitrogens with zero attached hydrogens (tertiary/aromatic N) is 3. The number of pyridine rings is 1. The van der Waals surface area contributed by atoms with Crippen molar-refractivity contribution in [2.24, 2.45) is 0 Å². The average molecular weight is 340 g/mol. The molecule has 1 aromatic rings. The van der Waals surface area contributed by atoms with E-state index >= 15 is 0 Å². The SMILES string of the molecule is CC(C)N1CCC(N(C)C(=O)Nc2cc(S(C)(=O)=O)ccn2)C1. The molecule has 2 heterocycles. The smallest absolute Gasteiger partial charge is 0.323 e. The summed E-state index contributed by atoms with van der Waals surface area (Å²) >= 11 is 0. The summed E-state index contributed by atoms with van der Waals surface area (Å²) in [6.45, 7) is 6.10. The van der Waals surface area contributed by atoms with Gasteiger partial charge < -0.3 is 4.90 Å². The Morgan fingerprint density at radius 3 is 2.74 bits per heavy atom. The summed E-state index contributed by atoms with van der Waals surface area (Å²) in [5.74, 6) is 0.239. The number of carbonyl (C=O) groups is 1. The third kappa shape index (κ3) is 4.42. The van der Waals surface area contributed by atoms with Gasteiger partial charge in [0.1, 0.15) is 5.82 Å². The van der Waals surface area contributed by atoms with E-state index in [0.29, 0.717) is 6.04 Å². The maximum atomic E-state index is 12.3. The standard InChI is InChI=1S/C15H24N4O3S/c1-11(2)19-8-6-12(10-19)18(3)15(20)17-14-9-13(5-7-16-14)23(4,21)22/h5,7,9,11-12H,6,8,10H2,1-4H3,(H,16,17,20). The van der Waals surface area contributed by atoms with Crippen molar-refractivity contribution in [2.45, 2.75) is 37.2 Å². The number of rotatable bonds is 4. The van der Waals surface area contributed by atoms with Crippen LogP contribution in [0.4, 0.5) is 10.6 Å². The summed E-state index contributed by atoms with van der Waals surface area (Å²) in [6.07, 6.45) is 3.43. The zero-order valence-electron chi connectivity index (χ0n) is 14.0. The fraction of sp³-hybridized carbons (Fsp3) is 0.600. The molecule has 7 nitrogen and oxygen atoms in total. The number of likely N-dealkylation sites (tertiary alicyclic amines) is 1. The molecule has 1 aliphatic heterocycles. The van der Waals surface area contributed by atoms with Crippen LogP contribution in [-0.2, 0) is 9.84 Å². The van der Waals surface area contributed by atoms with Crippen molar-refractivity contribution >= 4 is 21.7 Å². The minimum Gasteiger partial charge on any atom is -0.323 e. The third-order valence-corrected chi connectivity index (χ3v) is 5.30. The largest absolute Gasteiger partial charge is 0.323 e. The van der Waals surface area contributed by atoms with Crippen LogP contribution in [0, 0.1) is 0 Å². The van der Waals surface area contributed by atoms with Gasteiger partial charge in [0, 0.05) is 44.7 Å². The number of aromatic nitrogens is 1. The molecule has 23 heavy (non-hydrogen) atoms. The quantitative estimate of drug-likeness (QED) is 0.896. The Morgan fingerprint density at radius 2 is 2.17 bits per heavy atom. The second kappa shape index (κ2) is 6.84. The van der Waals surface area contributed by atoms with Gasteiger partial charge in [0.25, 0.3) is 0 Å². The van der Waals surface area contributed by atoms with E-state index in [2.05, 4.69) is 29.0 Å². The Morgan fingerprint density at radius 1 is 1.48 bits per heavy atom. The lowest BCUT2D eigenvalue weighted by Crippen LogP contribution is -2.42. The average Bonchev–Trinajstić information content (AvgIpc) is 2.95. The highest BCUT2D eigenvalue weighted by atomic mass is 32.2. The molecule has 0 radical (unpaired) electrons. The fourth-order valence-corrected chi connectivity index (χ4v) is 3.26. The molecule has 0 spiro atoms. The fourth-order valence-electron chi connectivity index (χ4n) is 2.63. The lowest BCUT2D eigenvalue weighted by Gasteiger charge is -2.26. The van der Waals surface area contributed by atoms with Crippen LogP contribution in [0.25, 0.3) is 0 Å². The number of amides is 2. The molecule has 1 saturated heterocycles. The van der Waals surface area contributed by atoms with E-state index in [9.17, 15) is 13.2 Å². The normalized spacial score (nSPS) is 19.1. The highest BCUT2D eigenvalue weighted by molar-refractivity contribution is 7.90. The molecule has 0 aliphatic carbocycles. The van der Waals surface area contributed by atoms with Gasteiger partial charge in [-0.3, -0.25) is 10.2 Å². The highest BCUT2D eigenvalue weighted by Gasteiger charge is 2.29. The number of sulfone groups is 1. The minimum atomic E-state index is -3.33. The van der Waals surface area contributed by atoms with Crippen LogP contribution in [-0.4, -0.2) is 67.7 Å².